The van der Waals surface area contributed by atoms with E-state index in [1.165, 1.54) is 6.07 Å². The zero-order valence-corrected chi connectivity index (χ0v) is 9.48. The van der Waals surface area contributed by atoms with Crippen molar-refractivity contribution < 1.29 is 9.00 Å². The van der Waals surface area contributed by atoms with E-state index in [0.29, 0.717) is 15.6 Å². The molecule has 0 saturated heterocycles. The van der Waals surface area contributed by atoms with Crippen molar-refractivity contribution in [1.82, 2.24) is 0 Å². The fourth-order valence-corrected chi connectivity index (χ4v) is 2.30. The number of hydrogen-bond donors (Lipinski definition) is 2. The largest absolute Gasteiger partial charge is 0.398 e. The molecule has 0 aliphatic carbocycles. The van der Waals surface area contributed by atoms with Crippen LogP contribution in [0.15, 0.2) is 23.1 Å². The van der Waals surface area contributed by atoms with E-state index < -0.39 is 16.7 Å². The first-order valence-corrected chi connectivity index (χ1v) is 5.92. The average Bonchev–Trinajstić information content (AvgIpc) is 2.18. The molecule has 6 heteroatoms. The molecule has 4 nitrogen and oxygen atoms in total. The Morgan fingerprint density at radius 3 is 2.67 bits per heavy atom. The van der Waals surface area contributed by atoms with E-state index in [2.05, 4.69) is 0 Å². The summed E-state index contributed by atoms with van der Waals surface area (Å²) in [6.07, 6.45) is 0.0919. The number of rotatable bonds is 4. The molecule has 0 heterocycles. The van der Waals surface area contributed by atoms with Crippen LogP contribution in [0.4, 0.5) is 5.69 Å². The highest BCUT2D eigenvalue weighted by Crippen LogP contribution is 2.21. The molecule has 1 atom stereocenters. The molecule has 0 radical (unpaired) electrons. The molecule has 0 saturated carbocycles. The van der Waals surface area contributed by atoms with Gasteiger partial charge in [-0.1, -0.05) is 11.6 Å². The zero-order valence-electron chi connectivity index (χ0n) is 7.90. The lowest BCUT2D eigenvalue weighted by atomic mass is 10.3. The van der Waals surface area contributed by atoms with Crippen LogP contribution in [0, 0.1) is 0 Å². The molecule has 0 fully saturated rings. The van der Waals surface area contributed by atoms with Gasteiger partial charge in [0.15, 0.2) is 0 Å². The van der Waals surface area contributed by atoms with Gasteiger partial charge in [-0.15, -0.1) is 0 Å². The molecular formula is C9H11ClN2O2S. The van der Waals surface area contributed by atoms with Gasteiger partial charge >= 0.3 is 0 Å². The third-order valence-electron chi connectivity index (χ3n) is 1.77. The normalized spacial score (nSPS) is 12.3. The number of carbonyl (C=O) groups excluding carboxylic acids is 1. The van der Waals surface area contributed by atoms with Crippen LogP contribution in [0.5, 0.6) is 0 Å². The average molecular weight is 247 g/mol. The maximum atomic E-state index is 11.6. The molecule has 1 aromatic carbocycles. The first-order valence-electron chi connectivity index (χ1n) is 4.22. The number of nitrogen functional groups attached to an aromatic ring is 1. The Hall–Kier alpha value is -1.07. The molecule has 0 aliphatic rings. The second-order valence-corrected chi connectivity index (χ2v) is 4.93. The number of primary amides is 1. The Labute approximate surface area is 95.0 Å². The Bertz CT molecular complexity index is 409. The molecular weight excluding hydrogens is 236 g/mol. The van der Waals surface area contributed by atoms with Crippen LogP contribution in [-0.4, -0.2) is 15.9 Å². The number of carbonyl (C=O) groups is 1. The molecule has 1 aromatic rings. The van der Waals surface area contributed by atoms with Crippen molar-refractivity contribution in [3.63, 3.8) is 0 Å². The van der Waals surface area contributed by atoms with Crippen molar-refractivity contribution in [3.05, 3.63) is 23.2 Å². The predicted octanol–water partition coefficient (Wildman–Crippen LogP) is 0.905. The van der Waals surface area contributed by atoms with Crippen LogP contribution in [0.2, 0.25) is 5.02 Å². The number of nitrogens with two attached hydrogens (primary N) is 2. The van der Waals surface area contributed by atoms with Crippen molar-refractivity contribution in [2.24, 2.45) is 5.73 Å². The van der Waals surface area contributed by atoms with E-state index in [4.69, 9.17) is 23.1 Å². The molecule has 15 heavy (non-hydrogen) atoms. The summed E-state index contributed by atoms with van der Waals surface area (Å²) in [6, 6.07) is 4.74. The van der Waals surface area contributed by atoms with Gasteiger partial charge < -0.3 is 11.5 Å². The lowest BCUT2D eigenvalue weighted by Crippen LogP contribution is -2.14. The minimum Gasteiger partial charge on any atom is -0.398 e. The highest BCUT2D eigenvalue weighted by molar-refractivity contribution is 7.85. The highest BCUT2D eigenvalue weighted by atomic mass is 35.5. The summed E-state index contributed by atoms with van der Waals surface area (Å²) in [4.78, 5) is 11.0. The minimum absolute atomic E-state index is 0.0919. The SMILES string of the molecule is NC(=O)CCS(=O)c1ccc(N)c(Cl)c1. The van der Waals surface area contributed by atoms with Crippen LogP contribution in [0.3, 0.4) is 0 Å². The summed E-state index contributed by atoms with van der Waals surface area (Å²) in [5.74, 6) is -0.264. The van der Waals surface area contributed by atoms with Gasteiger partial charge in [0, 0.05) is 17.1 Å². The Morgan fingerprint density at radius 1 is 1.47 bits per heavy atom. The summed E-state index contributed by atoms with van der Waals surface area (Å²) in [5.41, 5.74) is 10.9. The minimum atomic E-state index is -1.26. The first-order chi connectivity index (χ1) is 7.00. The van der Waals surface area contributed by atoms with E-state index in [1.54, 1.807) is 12.1 Å². The summed E-state index contributed by atoms with van der Waals surface area (Å²) in [6.45, 7) is 0. The fourth-order valence-electron chi connectivity index (χ4n) is 0.961. The smallest absolute Gasteiger partial charge is 0.218 e. The van der Waals surface area contributed by atoms with Gasteiger partial charge in [0.2, 0.25) is 5.91 Å². The molecule has 0 aliphatic heterocycles. The lowest BCUT2D eigenvalue weighted by Gasteiger charge is -2.03. The summed E-state index contributed by atoms with van der Waals surface area (Å²) in [7, 11) is -1.26. The van der Waals surface area contributed by atoms with E-state index in [-0.39, 0.29) is 12.2 Å². The van der Waals surface area contributed by atoms with Crippen LogP contribution >= 0.6 is 11.6 Å². The molecule has 0 aromatic heterocycles. The van der Waals surface area contributed by atoms with Gasteiger partial charge in [-0.2, -0.15) is 0 Å². The van der Waals surface area contributed by atoms with Gasteiger partial charge in [0.25, 0.3) is 0 Å². The van der Waals surface area contributed by atoms with Gasteiger partial charge in [0.05, 0.1) is 21.5 Å². The maximum absolute atomic E-state index is 11.6. The third-order valence-corrected chi connectivity index (χ3v) is 3.45. The van der Waals surface area contributed by atoms with E-state index in [1.807, 2.05) is 0 Å². The Balaban J connectivity index is 2.74. The topological polar surface area (TPSA) is 86.2 Å². The second kappa shape index (κ2) is 5.14. The summed E-state index contributed by atoms with van der Waals surface area (Å²) < 4.78 is 11.6. The zero-order chi connectivity index (χ0) is 11.4. The molecule has 1 amide bonds. The van der Waals surface area contributed by atoms with E-state index in [9.17, 15) is 9.00 Å². The van der Waals surface area contributed by atoms with E-state index in [0.717, 1.165) is 0 Å². The van der Waals surface area contributed by atoms with Gasteiger partial charge in [-0.25, -0.2) is 0 Å². The number of benzene rings is 1. The molecule has 4 N–H and O–H groups in total. The second-order valence-electron chi connectivity index (χ2n) is 2.95. The van der Waals surface area contributed by atoms with Gasteiger partial charge in [0.1, 0.15) is 0 Å². The molecule has 0 spiro atoms. The molecule has 1 unspecified atom stereocenters. The van der Waals surface area contributed by atoms with Crippen molar-refractivity contribution in [2.75, 3.05) is 11.5 Å². The third kappa shape index (κ3) is 3.53. The molecule has 0 bridgehead atoms. The fraction of sp³-hybridized carbons (Fsp3) is 0.222. The van der Waals surface area contributed by atoms with Crippen LogP contribution in [0.25, 0.3) is 0 Å². The maximum Gasteiger partial charge on any atom is 0.218 e. The Kier molecular flexibility index (Phi) is 4.11. The van der Waals surface area contributed by atoms with Crippen molar-refractivity contribution >= 4 is 34.0 Å². The standard InChI is InChI=1S/C9H11ClN2O2S/c10-7-5-6(1-2-8(7)11)15(14)4-3-9(12)13/h1-2,5H,3-4,11H2,(H2,12,13). The van der Waals surface area contributed by atoms with Crippen LogP contribution < -0.4 is 11.5 Å². The van der Waals surface area contributed by atoms with Crippen LogP contribution in [0.1, 0.15) is 6.42 Å². The summed E-state index contributed by atoms with van der Waals surface area (Å²) >= 11 is 5.77. The van der Waals surface area contributed by atoms with Crippen molar-refractivity contribution in [3.8, 4) is 0 Å². The molecule has 1 rings (SSSR count). The highest BCUT2D eigenvalue weighted by Gasteiger charge is 2.07. The Morgan fingerprint density at radius 2 is 2.13 bits per heavy atom. The quantitative estimate of drug-likeness (QED) is 0.774. The number of anilines is 1. The predicted molar refractivity (Wildman–Crippen MR) is 61.0 cm³/mol. The number of amides is 1. The summed E-state index contributed by atoms with van der Waals surface area (Å²) in [5, 5.41) is 0.361. The lowest BCUT2D eigenvalue weighted by molar-refractivity contribution is -0.117. The van der Waals surface area contributed by atoms with Gasteiger partial charge in [-0.05, 0) is 18.2 Å². The monoisotopic (exact) mass is 246 g/mol. The number of halogens is 1. The number of hydrogen-bond acceptors (Lipinski definition) is 3. The first kappa shape index (κ1) is 12.0. The van der Waals surface area contributed by atoms with E-state index >= 15 is 0 Å². The van der Waals surface area contributed by atoms with Crippen molar-refractivity contribution in [1.29, 1.82) is 0 Å². The molecule has 82 valence electrons. The van der Waals surface area contributed by atoms with Crippen LogP contribution in [-0.2, 0) is 15.6 Å². The van der Waals surface area contributed by atoms with Gasteiger partial charge in [-0.3, -0.25) is 9.00 Å². The van der Waals surface area contributed by atoms with Crippen molar-refractivity contribution in [2.45, 2.75) is 11.3 Å².